The number of halogens is 1. The fraction of sp³-hybridized carbons (Fsp3) is 0.389. The summed E-state index contributed by atoms with van der Waals surface area (Å²) in [6.45, 7) is 4.13. The third-order valence-corrected chi connectivity index (χ3v) is 4.60. The molecule has 3 aromatic rings. The summed E-state index contributed by atoms with van der Waals surface area (Å²) in [6.07, 6.45) is 0.525. The van der Waals surface area contributed by atoms with Crippen LogP contribution >= 0.6 is 15.9 Å². The van der Waals surface area contributed by atoms with Crippen molar-refractivity contribution in [2.24, 2.45) is 5.92 Å². The Labute approximate surface area is 158 Å². The van der Waals surface area contributed by atoms with Gasteiger partial charge in [0.25, 0.3) is 5.56 Å². The van der Waals surface area contributed by atoms with Crippen molar-refractivity contribution in [3.8, 4) is 0 Å². The van der Waals surface area contributed by atoms with Crippen LogP contribution in [0.3, 0.4) is 0 Å². The molecule has 26 heavy (non-hydrogen) atoms. The number of aliphatic hydroxyl groups excluding tert-OH is 1. The fourth-order valence-corrected chi connectivity index (χ4v) is 3.18. The van der Waals surface area contributed by atoms with Crippen molar-refractivity contribution in [2.75, 3.05) is 6.61 Å². The maximum Gasteiger partial charge on any atom is 0.332 e. The van der Waals surface area contributed by atoms with E-state index in [2.05, 4.69) is 25.9 Å². The van der Waals surface area contributed by atoms with E-state index in [9.17, 15) is 14.7 Å². The van der Waals surface area contributed by atoms with Gasteiger partial charge in [-0.3, -0.25) is 13.9 Å². The second kappa shape index (κ2) is 7.59. The van der Waals surface area contributed by atoms with Gasteiger partial charge in [-0.1, -0.05) is 41.9 Å². The van der Waals surface area contributed by atoms with E-state index in [0.29, 0.717) is 30.0 Å². The highest BCUT2D eigenvalue weighted by atomic mass is 79.9. The van der Waals surface area contributed by atoms with Crippen LogP contribution in [0, 0.1) is 5.92 Å². The predicted octanol–water partition coefficient (Wildman–Crippen LogP) is 1.89. The summed E-state index contributed by atoms with van der Waals surface area (Å²) < 4.78 is 3.56. The summed E-state index contributed by atoms with van der Waals surface area (Å²) in [5.74, 6) is 0.834. The lowest BCUT2D eigenvalue weighted by Crippen LogP contribution is -2.41. The Balaban J connectivity index is 2.14. The zero-order valence-electron chi connectivity index (χ0n) is 14.7. The van der Waals surface area contributed by atoms with Gasteiger partial charge in [0.05, 0.1) is 13.2 Å². The average molecular weight is 421 g/mol. The molecule has 0 aliphatic rings. The van der Waals surface area contributed by atoms with Gasteiger partial charge in [0.1, 0.15) is 11.3 Å². The van der Waals surface area contributed by atoms with Crippen molar-refractivity contribution in [1.29, 1.82) is 0 Å². The molecule has 0 saturated heterocycles. The molecule has 0 fully saturated rings. The summed E-state index contributed by atoms with van der Waals surface area (Å²) in [5.41, 5.74) is 0.821. The van der Waals surface area contributed by atoms with Gasteiger partial charge in [0.15, 0.2) is 5.65 Å². The van der Waals surface area contributed by atoms with E-state index in [4.69, 9.17) is 0 Å². The fourth-order valence-electron chi connectivity index (χ4n) is 2.92. The number of benzene rings is 1. The molecule has 2 aromatic heterocycles. The first-order chi connectivity index (χ1) is 12.4. The van der Waals surface area contributed by atoms with E-state index in [1.54, 1.807) is 0 Å². The molecule has 3 rings (SSSR count). The maximum absolute atomic E-state index is 12.7. The first-order valence-corrected chi connectivity index (χ1v) is 9.27. The Kier molecular flexibility index (Phi) is 5.43. The van der Waals surface area contributed by atoms with Gasteiger partial charge in [-0.2, -0.15) is 0 Å². The Morgan fingerprint density at radius 2 is 1.88 bits per heavy atom. The SMILES string of the molecule is CC(C)Cn1c(=O)n(CCO)c(=O)c2[nH]c(Cc3ccc(Br)cc3)nc21. The molecule has 0 bridgehead atoms. The molecule has 7 nitrogen and oxygen atoms in total. The number of aromatic nitrogens is 4. The van der Waals surface area contributed by atoms with Crippen LogP contribution in [0.25, 0.3) is 11.2 Å². The van der Waals surface area contributed by atoms with Crippen molar-refractivity contribution in [3.05, 3.63) is 61.0 Å². The summed E-state index contributed by atoms with van der Waals surface area (Å²) in [5, 5.41) is 9.20. The highest BCUT2D eigenvalue weighted by Crippen LogP contribution is 2.15. The number of hydrogen-bond acceptors (Lipinski definition) is 4. The monoisotopic (exact) mass is 420 g/mol. The van der Waals surface area contributed by atoms with Gasteiger partial charge in [-0.15, -0.1) is 0 Å². The van der Waals surface area contributed by atoms with Crippen LogP contribution in [-0.2, 0) is 19.5 Å². The highest BCUT2D eigenvalue weighted by molar-refractivity contribution is 9.10. The van der Waals surface area contributed by atoms with Crippen LogP contribution in [0.2, 0.25) is 0 Å². The molecule has 2 N–H and O–H groups in total. The average Bonchev–Trinajstić information content (AvgIpc) is 3.01. The van der Waals surface area contributed by atoms with Crippen molar-refractivity contribution < 1.29 is 5.11 Å². The molecule has 8 heteroatoms. The van der Waals surface area contributed by atoms with Crippen LogP contribution in [-0.4, -0.2) is 30.8 Å². The maximum atomic E-state index is 12.7. The van der Waals surface area contributed by atoms with E-state index >= 15 is 0 Å². The first kappa shape index (κ1) is 18.6. The van der Waals surface area contributed by atoms with E-state index in [1.165, 1.54) is 4.57 Å². The second-order valence-electron chi connectivity index (χ2n) is 6.65. The quantitative estimate of drug-likeness (QED) is 0.636. The zero-order valence-corrected chi connectivity index (χ0v) is 16.3. The topological polar surface area (TPSA) is 92.9 Å². The normalized spacial score (nSPS) is 11.6. The van der Waals surface area contributed by atoms with Gasteiger partial charge in [0.2, 0.25) is 0 Å². The van der Waals surface area contributed by atoms with Gasteiger partial charge in [-0.25, -0.2) is 9.78 Å². The Morgan fingerprint density at radius 1 is 1.19 bits per heavy atom. The minimum atomic E-state index is -0.450. The van der Waals surface area contributed by atoms with E-state index in [0.717, 1.165) is 14.6 Å². The summed E-state index contributed by atoms with van der Waals surface area (Å²) in [7, 11) is 0. The molecular weight excluding hydrogens is 400 g/mol. The van der Waals surface area contributed by atoms with E-state index in [-0.39, 0.29) is 19.1 Å². The smallest absolute Gasteiger partial charge is 0.332 e. The van der Waals surface area contributed by atoms with Crippen molar-refractivity contribution >= 4 is 27.1 Å². The van der Waals surface area contributed by atoms with Crippen LogP contribution < -0.4 is 11.2 Å². The largest absolute Gasteiger partial charge is 0.395 e. The zero-order chi connectivity index (χ0) is 18.8. The van der Waals surface area contributed by atoms with E-state index < -0.39 is 11.2 Å². The van der Waals surface area contributed by atoms with Gasteiger partial charge in [-0.05, 0) is 23.6 Å². The minimum Gasteiger partial charge on any atom is -0.395 e. The van der Waals surface area contributed by atoms with Crippen LogP contribution in [0.5, 0.6) is 0 Å². The van der Waals surface area contributed by atoms with Crippen LogP contribution in [0.15, 0.2) is 38.3 Å². The molecule has 1 aromatic carbocycles. The van der Waals surface area contributed by atoms with Crippen molar-refractivity contribution in [2.45, 2.75) is 33.4 Å². The van der Waals surface area contributed by atoms with Crippen LogP contribution in [0.1, 0.15) is 25.2 Å². The molecule has 0 radical (unpaired) electrons. The minimum absolute atomic E-state index is 0.0350. The molecular formula is C18H21BrN4O3. The van der Waals surface area contributed by atoms with Gasteiger partial charge >= 0.3 is 5.69 Å². The lowest BCUT2D eigenvalue weighted by Gasteiger charge is -2.12. The second-order valence-corrected chi connectivity index (χ2v) is 7.57. The number of nitrogens with zero attached hydrogens (tertiary/aromatic N) is 3. The number of hydrogen-bond donors (Lipinski definition) is 2. The van der Waals surface area contributed by atoms with Gasteiger partial charge < -0.3 is 10.1 Å². The molecule has 138 valence electrons. The number of H-pyrrole nitrogens is 1. The Bertz CT molecular complexity index is 1030. The summed E-state index contributed by atoms with van der Waals surface area (Å²) in [6, 6.07) is 7.84. The number of imidazole rings is 1. The van der Waals surface area contributed by atoms with E-state index in [1.807, 2.05) is 38.1 Å². The van der Waals surface area contributed by atoms with Gasteiger partial charge in [0, 0.05) is 17.4 Å². The lowest BCUT2D eigenvalue weighted by molar-refractivity contribution is 0.270. The lowest BCUT2D eigenvalue weighted by atomic mass is 10.1. The predicted molar refractivity (Wildman–Crippen MR) is 103 cm³/mol. The molecule has 0 aliphatic heterocycles. The first-order valence-electron chi connectivity index (χ1n) is 8.48. The van der Waals surface area contributed by atoms with Crippen molar-refractivity contribution in [3.63, 3.8) is 0 Å². The number of nitrogens with one attached hydrogen (secondary N) is 1. The van der Waals surface area contributed by atoms with Crippen molar-refractivity contribution in [1.82, 2.24) is 19.1 Å². The number of rotatable bonds is 6. The third-order valence-electron chi connectivity index (χ3n) is 4.07. The molecule has 2 heterocycles. The molecule has 0 unspecified atom stereocenters. The molecule has 0 atom stereocenters. The number of fused-ring (bicyclic) bond motifs is 1. The highest BCUT2D eigenvalue weighted by Gasteiger charge is 2.18. The number of aromatic amines is 1. The molecule has 0 aliphatic carbocycles. The summed E-state index contributed by atoms with van der Waals surface area (Å²) in [4.78, 5) is 32.9. The third kappa shape index (κ3) is 3.66. The van der Waals surface area contributed by atoms with Crippen LogP contribution in [0.4, 0.5) is 0 Å². The standard InChI is InChI=1S/C18H21BrN4O3/c1-11(2)10-23-16-15(17(25)22(7-8-24)18(23)26)20-14(21-16)9-12-3-5-13(19)6-4-12/h3-6,11,24H,7-10H2,1-2H3,(H,20,21). The molecule has 0 amide bonds. The Morgan fingerprint density at radius 3 is 2.50 bits per heavy atom. The summed E-state index contributed by atoms with van der Waals surface area (Å²) >= 11 is 3.41. The number of aliphatic hydroxyl groups is 1. The molecule has 0 spiro atoms. The molecule has 0 saturated carbocycles. The Hall–Kier alpha value is -2.19.